The Morgan fingerprint density at radius 2 is 1.44 bits per heavy atom. The second kappa shape index (κ2) is 12.1. The first-order chi connectivity index (χ1) is 21.2. The molecule has 3 aromatic carbocycles. The van der Waals surface area contributed by atoms with E-state index in [0.29, 0.717) is 5.56 Å². The fourth-order valence-corrected chi connectivity index (χ4v) is 6.96. The fraction of sp³-hybridized carbons (Fsp3) is 0.353. The lowest BCUT2D eigenvalue weighted by Gasteiger charge is -2.42. The summed E-state index contributed by atoms with van der Waals surface area (Å²) in [6.07, 6.45) is 4.45. The summed E-state index contributed by atoms with van der Waals surface area (Å²) >= 11 is 0. The molecule has 1 saturated carbocycles. The standard InChI is InChI=1S/C34H37N7O2/c1-43-28-16-17-30-26(22-28)23-29(34(42)35-30)32(33-36-37-38-41(33)27-14-8-9-15-27)40-20-18-39(19-21-40)31(24-10-4-2-5-11-24)25-12-6-3-7-13-25/h2-7,10-13,16-17,22-23,27,31-32H,8-9,14-15,18-21H2,1H3,(H,35,42)/t32-/m0/s1. The van der Waals surface area contributed by atoms with Gasteiger partial charge in [-0.3, -0.25) is 14.6 Å². The average molecular weight is 576 g/mol. The fourth-order valence-electron chi connectivity index (χ4n) is 6.96. The van der Waals surface area contributed by atoms with Crippen molar-refractivity contribution in [2.45, 2.75) is 43.8 Å². The third kappa shape index (κ3) is 5.46. The number of fused-ring (bicyclic) bond motifs is 1. The van der Waals surface area contributed by atoms with Crippen LogP contribution in [0.1, 0.15) is 66.3 Å². The van der Waals surface area contributed by atoms with Crippen molar-refractivity contribution in [3.05, 3.63) is 118 Å². The molecule has 0 bridgehead atoms. The molecular weight excluding hydrogens is 538 g/mol. The molecule has 1 aliphatic carbocycles. The number of nitrogens with zero attached hydrogens (tertiary/aromatic N) is 6. The van der Waals surface area contributed by atoms with Crippen molar-refractivity contribution < 1.29 is 4.74 Å². The highest BCUT2D eigenvalue weighted by molar-refractivity contribution is 5.80. The number of methoxy groups -OCH3 is 1. The van der Waals surface area contributed by atoms with Gasteiger partial charge in [-0.1, -0.05) is 73.5 Å². The number of hydrogen-bond acceptors (Lipinski definition) is 7. The topological polar surface area (TPSA) is 92.2 Å². The van der Waals surface area contributed by atoms with Gasteiger partial charge in [-0.05, 0) is 58.7 Å². The molecule has 9 heteroatoms. The molecule has 0 radical (unpaired) electrons. The van der Waals surface area contributed by atoms with E-state index in [-0.39, 0.29) is 23.7 Å². The summed E-state index contributed by atoms with van der Waals surface area (Å²) in [7, 11) is 1.66. The molecule has 5 aromatic rings. The molecule has 2 aromatic heterocycles. The SMILES string of the molecule is COc1ccc2[nH]c(=O)c([C@@H](c3nnnn3C3CCCC3)N3CCN(C(c4ccccc4)c4ccccc4)CC3)cc2c1. The average Bonchev–Trinajstić information content (AvgIpc) is 3.76. The molecule has 1 N–H and O–H groups in total. The number of rotatable bonds is 8. The van der Waals surface area contributed by atoms with Crippen molar-refractivity contribution in [1.29, 1.82) is 0 Å². The molecule has 7 rings (SSSR count). The van der Waals surface area contributed by atoms with E-state index >= 15 is 0 Å². The minimum Gasteiger partial charge on any atom is -0.497 e. The number of aromatic amines is 1. The van der Waals surface area contributed by atoms with Gasteiger partial charge in [0.2, 0.25) is 0 Å². The Bertz CT molecular complexity index is 1680. The van der Waals surface area contributed by atoms with Gasteiger partial charge < -0.3 is 9.72 Å². The van der Waals surface area contributed by atoms with Crippen LogP contribution < -0.4 is 10.3 Å². The second-order valence-electron chi connectivity index (χ2n) is 11.6. The van der Waals surface area contributed by atoms with Gasteiger partial charge in [-0.2, -0.15) is 0 Å². The maximum Gasteiger partial charge on any atom is 0.253 e. The highest BCUT2D eigenvalue weighted by Gasteiger charge is 2.36. The number of aromatic nitrogens is 5. The molecule has 0 unspecified atom stereocenters. The molecular formula is C34H37N7O2. The lowest BCUT2D eigenvalue weighted by molar-refractivity contribution is 0.0850. The normalized spacial score (nSPS) is 17.5. The maximum atomic E-state index is 13.7. The molecule has 0 amide bonds. The summed E-state index contributed by atoms with van der Waals surface area (Å²) in [6.45, 7) is 3.23. The quantitative estimate of drug-likeness (QED) is 0.274. The van der Waals surface area contributed by atoms with E-state index in [9.17, 15) is 4.79 Å². The summed E-state index contributed by atoms with van der Waals surface area (Å²) in [5.74, 6) is 1.50. The number of nitrogens with one attached hydrogen (secondary N) is 1. The van der Waals surface area contributed by atoms with Crippen molar-refractivity contribution in [1.82, 2.24) is 35.0 Å². The van der Waals surface area contributed by atoms with Crippen molar-refractivity contribution in [2.24, 2.45) is 0 Å². The Hall–Kier alpha value is -4.34. The van der Waals surface area contributed by atoms with Crippen LogP contribution in [0.25, 0.3) is 10.9 Å². The summed E-state index contributed by atoms with van der Waals surface area (Å²) in [4.78, 5) is 21.8. The van der Waals surface area contributed by atoms with Gasteiger partial charge in [0.25, 0.3) is 5.56 Å². The molecule has 0 spiro atoms. The third-order valence-corrected chi connectivity index (χ3v) is 9.12. The van der Waals surface area contributed by atoms with E-state index in [1.54, 1.807) is 7.11 Å². The Labute approximate surface area is 251 Å². The van der Waals surface area contributed by atoms with Crippen molar-refractivity contribution in [2.75, 3.05) is 33.3 Å². The Morgan fingerprint density at radius 1 is 0.814 bits per heavy atom. The third-order valence-electron chi connectivity index (χ3n) is 9.12. The highest BCUT2D eigenvalue weighted by Crippen LogP contribution is 2.36. The van der Waals surface area contributed by atoms with E-state index < -0.39 is 0 Å². The van der Waals surface area contributed by atoms with Crippen molar-refractivity contribution in [3.63, 3.8) is 0 Å². The molecule has 43 heavy (non-hydrogen) atoms. The number of H-pyrrole nitrogens is 1. The van der Waals surface area contributed by atoms with E-state index in [0.717, 1.165) is 61.5 Å². The van der Waals surface area contributed by atoms with Crippen LogP contribution in [0.3, 0.4) is 0 Å². The first-order valence-corrected chi connectivity index (χ1v) is 15.3. The van der Waals surface area contributed by atoms with Gasteiger partial charge >= 0.3 is 0 Å². The van der Waals surface area contributed by atoms with E-state index in [1.807, 2.05) is 28.9 Å². The van der Waals surface area contributed by atoms with Gasteiger partial charge in [-0.15, -0.1) is 5.10 Å². The van der Waals surface area contributed by atoms with Crippen LogP contribution in [0.15, 0.2) is 89.7 Å². The van der Waals surface area contributed by atoms with Gasteiger partial charge in [0.1, 0.15) is 11.8 Å². The molecule has 2 aliphatic rings. The second-order valence-corrected chi connectivity index (χ2v) is 11.6. The number of tetrazole rings is 1. The molecule has 220 valence electrons. The molecule has 3 heterocycles. The number of benzene rings is 3. The van der Waals surface area contributed by atoms with Crippen LogP contribution in [0.4, 0.5) is 0 Å². The highest BCUT2D eigenvalue weighted by atomic mass is 16.5. The number of pyridine rings is 1. The van der Waals surface area contributed by atoms with Crippen LogP contribution in [0.2, 0.25) is 0 Å². The van der Waals surface area contributed by atoms with E-state index in [4.69, 9.17) is 4.74 Å². The first-order valence-electron chi connectivity index (χ1n) is 15.3. The summed E-state index contributed by atoms with van der Waals surface area (Å²) in [5.41, 5.74) is 3.89. The van der Waals surface area contributed by atoms with Crippen LogP contribution in [-0.4, -0.2) is 68.3 Å². The zero-order valence-corrected chi connectivity index (χ0v) is 24.5. The molecule has 1 saturated heterocycles. The number of ether oxygens (including phenoxy) is 1. The van der Waals surface area contributed by atoms with Gasteiger partial charge in [0, 0.05) is 42.6 Å². The predicted octanol–water partition coefficient (Wildman–Crippen LogP) is 5.13. The van der Waals surface area contributed by atoms with Crippen LogP contribution >= 0.6 is 0 Å². The largest absolute Gasteiger partial charge is 0.497 e. The van der Waals surface area contributed by atoms with Crippen molar-refractivity contribution >= 4 is 10.9 Å². The van der Waals surface area contributed by atoms with Crippen LogP contribution in [0, 0.1) is 0 Å². The van der Waals surface area contributed by atoms with Crippen LogP contribution in [0.5, 0.6) is 5.75 Å². The smallest absolute Gasteiger partial charge is 0.253 e. The minimum absolute atomic E-state index is 0.113. The monoisotopic (exact) mass is 575 g/mol. The summed E-state index contributed by atoms with van der Waals surface area (Å²) < 4.78 is 7.49. The molecule has 1 atom stereocenters. The molecule has 2 fully saturated rings. The lowest BCUT2D eigenvalue weighted by Crippen LogP contribution is -2.50. The Morgan fingerprint density at radius 3 is 2.07 bits per heavy atom. The molecule has 9 nitrogen and oxygen atoms in total. The Balaban J connectivity index is 1.25. The van der Waals surface area contributed by atoms with E-state index in [1.165, 1.54) is 24.0 Å². The summed E-state index contributed by atoms with van der Waals surface area (Å²) in [5, 5.41) is 14.1. The summed E-state index contributed by atoms with van der Waals surface area (Å²) in [6, 6.07) is 29.2. The maximum absolute atomic E-state index is 13.7. The van der Waals surface area contributed by atoms with Gasteiger partial charge in [-0.25, -0.2) is 4.68 Å². The zero-order chi connectivity index (χ0) is 29.2. The van der Waals surface area contributed by atoms with Crippen LogP contribution in [-0.2, 0) is 0 Å². The Kier molecular flexibility index (Phi) is 7.74. The van der Waals surface area contributed by atoms with E-state index in [2.05, 4.69) is 91.0 Å². The number of piperazine rings is 1. The lowest BCUT2D eigenvalue weighted by atomic mass is 9.96. The van der Waals surface area contributed by atoms with Crippen molar-refractivity contribution in [3.8, 4) is 5.75 Å². The predicted molar refractivity (Wildman–Crippen MR) is 166 cm³/mol. The number of hydrogen-bond donors (Lipinski definition) is 1. The van der Waals surface area contributed by atoms with Gasteiger partial charge in [0.05, 0.1) is 19.2 Å². The first kappa shape index (κ1) is 27.5. The zero-order valence-electron chi connectivity index (χ0n) is 24.5. The minimum atomic E-state index is -0.371. The molecule has 1 aliphatic heterocycles. The van der Waals surface area contributed by atoms with Gasteiger partial charge in [0.15, 0.2) is 5.82 Å².